The molecule has 1 saturated carbocycles. The minimum Gasteiger partial charge on any atom is -0.379 e. The van der Waals surface area contributed by atoms with Crippen LogP contribution >= 0.6 is 0 Å². The highest BCUT2D eigenvalue weighted by Gasteiger charge is 2.30. The molecule has 0 saturated heterocycles. The molecule has 114 valence electrons. The van der Waals surface area contributed by atoms with E-state index in [-0.39, 0.29) is 0 Å². The summed E-state index contributed by atoms with van der Waals surface area (Å²) in [4.78, 5) is 0. The molecule has 0 spiro atoms. The Balaban J connectivity index is 2.35. The molecule has 3 atom stereocenters. The fourth-order valence-corrected chi connectivity index (χ4v) is 3.03. The van der Waals surface area contributed by atoms with Gasteiger partial charge in [0.2, 0.25) is 0 Å². The van der Waals surface area contributed by atoms with E-state index in [0.717, 1.165) is 32.3 Å². The molecular formula is C16H33NO2. The second-order valence-corrected chi connectivity index (χ2v) is 5.63. The van der Waals surface area contributed by atoms with Crippen LogP contribution in [-0.2, 0) is 9.47 Å². The van der Waals surface area contributed by atoms with Crippen molar-refractivity contribution in [2.24, 2.45) is 5.92 Å². The van der Waals surface area contributed by atoms with Crippen LogP contribution < -0.4 is 5.32 Å². The molecule has 0 aromatic heterocycles. The highest BCUT2D eigenvalue weighted by atomic mass is 16.5. The lowest BCUT2D eigenvalue weighted by Crippen LogP contribution is -2.46. The highest BCUT2D eigenvalue weighted by molar-refractivity contribution is 4.85. The number of nitrogens with one attached hydrogen (secondary N) is 1. The third-order valence-electron chi connectivity index (χ3n) is 4.02. The molecule has 0 aliphatic heterocycles. The molecule has 3 heteroatoms. The van der Waals surface area contributed by atoms with E-state index in [0.29, 0.717) is 12.1 Å². The smallest absolute Gasteiger partial charge is 0.0731 e. The summed E-state index contributed by atoms with van der Waals surface area (Å²) in [6.45, 7) is 9.89. The summed E-state index contributed by atoms with van der Waals surface area (Å²) in [5, 5.41) is 3.66. The monoisotopic (exact) mass is 271 g/mol. The van der Waals surface area contributed by atoms with Gasteiger partial charge in [0.15, 0.2) is 0 Å². The molecule has 1 fully saturated rings. The zero-order valence-corrected chi connectivity index (χ0v) is 13.1. The van der Waals surface area contributed by atoms with Crippen molar-refractivity contribution in [3.05, 3.63) is 0 Å². The molecule has 1 N–H and O–H groups in total. The van der Waals surface area contributed by atoms with Crippen LogP contribution in [0.3, 0.4) is 0 Å². The van der Waals surface area contributed by atoms with E-state index in [9.17, 15) is 0 Å². The molecule has 19 heavy (non-hydrogen) atoms. The normalized spacial score (nSPS) is 27.6. The zero-order valence-electron chi connectivity index (χ0n) is 13.1. The number of hydrogen-bond acceptors (Lipinski definition) is 3. The molecule has 0 aromatic rings. The van der Waals surface area contributed by atoms with Gasteiger partial charge < -0.3 is 14.8 Å². The van der Waals surface area contributed by atoms with Gasteiger partial charge in [0.1, 0.15) is 0 Å². The molecule has 0 bridgehead atoms. The quantitative estimate of drug-likeness (QED) is 0.618. The Hall–Kier alpha value is -0.120. The first-order valence-electron chi connectivity index (χ1n) is 8.24. The molecule has 0 heterocycles. The minimum atomic E-state index is 0.386. The highest BCUT2D eigenvalue weighted by Crippen LogP contribution is 2.30. The minimum absolute atomic E-state index is 0.386. The van der Waals surface area contributed by atoms with E-state index in [1.165, 1.54) is 38.5 Å². The third-order valence-corrected chi connectivity index (χ3v) is 4.02. The summed E-state index contributed by atoms with van der Waals surface area (Å²) < 4.78 is 11.5. The molecule has 1 rings (SSSR count). The van der Waals surface area contributed by atoms with Crippen LogP contribution in [0.2, 0.25) is 0 Å². The van der Waals surface area contributed by atoms with Crippen molar-refractivity contribution in [3.8, 4) is 0 Å². The second kappa shape index (κ2) is 10.6. The van der Waals surface area contributed by atoms with Crippen molar-refractivity contribution in [1.29, 1.82) is 0 Å². The van der Waals surface area contributed by atoms with Gasteiger partial charge in [0.25, 0.3) is 0 Å². The zero-order chi connectivity index (χ0) is 13.9. The predicted molar refractivity (Wildman–Crippen MR) is 80.6 cm³/mol. The van der Waals surface area contributed by atoms with Crippen LogP contribution in [0, 0.1) is 5.92 Å². The van der Waals surface area contributed by atoms with Gasteiger partial charge in [-0.2, -0.15) is 0 Å². The van der Waals surface area contributed by atoms with E-state index in [1.807, 2.05) is 6.92 Å². The molecular weight excluding hydrogens is 238 g/mol. The van der Waals surface area contributed by atoms with E-state index < -0.39 is 0 Å². The van der Waals surface area contributed by atoms with Crippen molar-refractivity contribution >= 4 is 0 Å². The molecule has 1 aliphatic rings. The summed E-state index contributed by atoms with van der Waals surface area (Å²) in [7, 11) is 0. The van der Waals surface area contributed by atoms with Crippen molar-refractivity contribution < 1.29 is 9.47 Å². The molecule has 0 amide bonds. The van der Waals surface area contributed by atoms with E-state index >= 15 is 0 Å². The Bertz CT molecular complexity index is 211. The van der Waals surface area contributed by atoms with E-state index in [1.54, 1.807) is 0 Å². The second-order valence-electron chi connectivity index (χ2n) is 5.63. The van der Waals surface area contributed by atoms with Gasteiger partial charge in [-0.1, -0.05) is 26.7 Å². The fraction of sp³-hybridized carbons (Fsp3) is 1.00. The summed E-state index contributed by atoms with van der Waals surface area (Å²) >= 11 is 0. The Labute approximate surface area is 119 Å². The Kier molecular flexibility index (Phi) is 9.48. The molecule has 1 aliphatic carbocycles. The lowest BCUT2D eigenvalue weighted by Gasteiger charge is -2.36. The topological polar surface area (TPSA) is 30.5 Å². The average Bonchev–Trinajstić information content (AvgIpc) is 2.43. The van der Waals surface area contributed by atoms with Gasteiger partial charge in [-0.25, -0.2) is 0 Å². The van der Waals surface area contributed by atoms with Crippen molar-refractivity contribution in [1.82, 2.24) is 5.32 Å². The third kappa shape index (κ3) is 6.73. The maximum atomic E-state index is 6.08. The standard InChI is InChI=1S/C16H33NO2/c1-4-7-14-8-9-15(17-10-5-2)16(13-14)19-12-11-18-6-3/h14-17H,4-13H2,1-3H3. The van der Waals surface area contributed by atoms with E-state index in [4.69, 9.17) is 9.47 Å². The maximum absolute atomic E-state index is 6.08. The lowest BCUT2D eigenvalue weighted by atomic mass is 9.81. The van der Waals surface area contributed by atoms with Crippen molar-refractivity contribution in [2.45, 2.75) is 71.4 Å². The molecule has 0 aromatic carbocycles. The SMILES string of the molecule is CCCNC1CCC(CCC)CC1OCCOCC. The van der Waals surface area contributed by atoms with E-state index in [2.05, 4.69) is 19.2 Å². The van der Waals surface area contributed by atoms with Crippen LogP contribution in [0.5, 0.6) is 0 Å². The van der Waals surface area contributed by atoms with Crippen LogP contribution in [0.15, 0.2) is 0 Å². The van der Waals surface area contributed by atoms with Crippen molar-refractivity contribution in [2.75, 3.05) is 26.4 Å². The average molecular weight is 271 g/mol. The number of ether oxygens (including phenoxy) is 2. The van der Waals surface area contributed by atoms with Gasteiger partial charge in [-0.3, -0.25) is 0 Å². The van der Waals surface area contributed by atoms with Gasteiger partial charge in [0.05, 0.1) is 19.3 Å². The number of hydrogen-bond donors (Lipinski definition) is 1. The van der Waals surface area contributed by atoms with Crippen molar-refractivity contribution in [3.63, 3.8) is 0 Å². The Morgan fingerprint density at radius 1 is 1.05 bits per heavy atom. The first-order valence-corrected chi connectivity index (χ1v) is 8.24. The Morgan fingerprint density at radius 2 is 1.89 bits per heavy atom. The van der Waals surface area contributed by atoms with Gasteiger partial charge in [-0.15, -0.1) is 0 Å². The van der Waals surface area contributed by atoms with Crippen LogP contribution in [0.25, 0.3) is 0 Å². The fourth-order valence-electron chi connectivity index (χ4n) is 3.03. The summed E-state index contributed by atoms with van der Waals surface area (Å²) in [5.74, 6) is 0.863. The molecule has 0 radical (unpaired) electrons. The summed E-state index contributed by atoms with van der Waals surface area (Å²) in [6, 6.07) is 0.551. The maximum Gasteiger partial charge on any atom is 0.0731 e. The van der Waals surface area contributed by atoms with Crippen LogP contribution in [-0.4, -0.2) is 38.5 Å². The first-order chi connectivity index (χ1) is 9.31. The predicted octanol–water partition coefficient (Wildman–Crippen LogP) is 3.38. The number of rotatable bonds is 10. The lowest BCUT2D eigenvalue weighted by molar-refractivity contribution is -0.0354. The Morgan fingerprint density at radius 3 is 2.58 bits per heavy atom. The van der Waals surface area contributed by atoms with Crippen LogP contribution in [0.4, 0.5) is 0 Å². The summed E-state index contributed by atoms with van der Waals surface area (Å²) in [5.41, 5.74) is 0. The van der Waals surface area contributed by atoms with Gasteiger partial charge in [0, 0.05) is 12.6 Å². The first kappa shape index (κ1) is 16.9. The van der Waals surface area contributed by atoms with Crippen LogP contribution in [0.1, 0.15) is 59.3 Å². The summed E-state index contributed by atoms with van der Waals surface area (Å²) in [6.07, 6.45) is 8.08. The molecule has 3 nitrogen and oxygen atoms in total. The largest absolute Gasteiger partial charge is 0.379 e. The van der Waals surface area contributed by atoms with Gasteiger partial charge in [-0.05, 0) is 45.1 Å². The molecule has 3 unspecified atom stereocenters. The van der Waals surface area contributed by atoms with Gasteiger partial charge >= 0.3 is 0 Å².